The van der Waals surface area contributed by atoms with Crippen LogP contribution < -0.4 is 5.32 Å². The first-order chi connectivity index (χ1) is 14.7. The van der Waals surface area contributed by atoms with E-state index in [2.05, 4.69) is 31.9 Å². The van der Waals surface area contributed by atoms with Crippen LogP contribution in [-0.2, 0) is 11.3 Å². The van der Waals surface area contributed by atoms with Crippen LogP contribution in [0.25, 0.3) is 5.82 Å². The van der Waals surface area contributed by atoms with Crippen molar-refractivity contribution in [2.24, 2.45) is 5.92 Å². The van der Waals surface area contributed by atoms with Gasteiger partial charge in [-0.1, -0.05) is 18.2 Å². The second-order valence-electron chi connectivity index (χ2n) is 7.87. The van der Waals surface area contributed by atoms with Crippen LogP contribution in [-0.4, -0.2) is 33.4 Å². The Morgan fingerprint density at radius 1 is 1.13 bits per heavy atom. The van der Waals surface area contributed by atoms with Crippen molar-refractivity contribution in [3.05, 3.63) is 78.5 Å². The summed E-state index contributed by atoms with van der Waals surface area (Å²) in [4.78, 5) is 19.2. The number of para-hydroxylation sites is 1. The molecule has 0 bridgehead atoms. The summed E-state index contributed by atoms with van der Waals surface area (Å²) in [5, 5.41) is 2.69. The van der Waals surface area contributed by atoms with Crippen molar-refractivity contribution < 1.29 is 9.18 Å². The monoisotopic (exact) mass is 406 g/mol. The molecule has 1 N–H and O–H groups in total. The molecule has 1 saturated heterocycles. The van der Waals surface area contributed by atoms with Gasteiger partial charge in [0.15, 0.2) is 0 Å². The zero-order chi connectivity index (χ0) is 20.8. The first kappa shape index (κ1) is 20.3. The van der Waals surface area contributed by atoms with Gasteiger partial charge in [0.25, 0.3) is 0 Å². The molecule has 3 aromatic rings. The van der Waals surface area contributed by atoms with E-state index >= 15 is 0 Å². The second kappa shape index (κ2) is 9.67. The van der Waals surface area contributed by atoms with Crippen LogP contribution >= 0.6 is 0 Å². The lowest BCUT2D eigenvalue weighted by molar-refractivity contribution is -0.116. The van der Waals surface area contributed by atoms with Crippen LogP contribution in [0.2, 0.25) is 0 Å². The predicted octanol–water partition coefficient (Wildman–Crippen LogP) is 4.64. The van der Waals surface area contributed by atoms with E-state index in [9.17, 15) is 9.18 Å². The summed E-state index contributed by atoms with van der Waals surface area (Å²) in [6, 6.07) is 16.4. The topological polar surface area (TPSA) is 50.2 Å². The van der Waals surface area contributed by atoms with Crippen molar-refractivity contribution in [1.29, 1.82) is 0 Å². The van der Waals surface area contributed by atoms with E-state index in [0.29, 0.717) is 12.3 Å². The van der Waals surface area contributed by atoms with Gasteiger partial charge >= 0.3 is 0 Å². The molecule has 4 rings (SSSR count). The molecule has 30 heavy (non-hydrogen) atoms. The molecule has 3 heterocycles. The number of halogens is 1. The van der Waals surface area contributed by atoms with Gasteiger partial charge in [-0.2, -0.15) is 0 Å². The van der Waals surface area contributed by atoms with E-state index in [1.807, 2.05) is 30.6 Å². The highest BCUT2D eigenvalue weighted by Gasteiger charge is 2.22. The highest BCUT2D eigenvalue weighted by molar-refractivity contribution is 5.90. The SMILES string of the molecule is O=C(CCC1CCCN(Cc2cccn2-c2ccccn2)C1)Nc1ccccc1F. The van der Waals surface area contributed by atoms with Gasteiger partial charge in [0.1, 0.15) is 11.6 Å². The van der Waals surface area contributed by atoms with Crippen molar-refractivity contribution in [2.75, 3.05) is 18.4 Å². The van der Waals surface area contributed by atoms with E-state index < -0.39 is 5.82 Å². The number of amides is 1. The number of carbonyl (C=O) groups is 1. The molecular formula is C24H27FN4O. The maximum atomic E-state index is 13.7. The van der Waals surface area contributed by atoms with Crippen molar-refractivity contribution in [1.82, 2.24) is 14.5 Å². The predicted molar refractivity (Wildman–Crippen MR) is 116 cm³/mol. The van der Waals surface area contributed by atoms with Gasteiger partial charge in [0.2, 0.25) is 5.91 Å². The van der Waals surface area contributed by atoms with E-state index in [1.165, 1.54) is 11.8 Å². The van der Waals surface area contributed by atoms with Gasteiger partial charge in [-0.15, -0.1) is 0 Å². The molecule has 156 valence electrons. The molecule has 6 heteroatoms. The summed E-state index contributed by atoms with van der Waals surface area (Å²) in [5.74, 6) is 0.881. The quantitative estimate of drug-likeness (QED) is 0.622. The van der Waals surface area contributed by atoms with Crippen LogP contribution in [0.1, 0.15) is 31.4 Å². The fraction of sp³-hybridized carbons (Fsp3) is 0.333. The van der Waals surface area contributed by atoms with E-state index in [-0.39, 0.29) is 11.6 Å². The normalized spacial score (nSPS) is 17.0. The maximum absolute atomic E-state index is 13.7. The first-order valence-electron chi connectivity index (χ1n) is 10.5. The molecule has 1 aliphatic rings. The second-order valence-corrected chi connectivity index (χ2v) is 7.87. The van der Waals surface area contributed by atoms with Crippen molar-refractivity contribution in [3.8, 4) is 5.82 Å². The first-order valence-corrected chi connectivity index (χ1v) is 10.5. The fourth-order valence-corrected chi connectivity index (χ4v) is 4.13. The van der Waals surface area contributed by atoms with Crippen LogP contribution in [0.3, 0.4) is 0 Å². The Morgan fingerprint density at radius 2 is 2.00 bits per heavy atom. The standard InChI is InChI=1S/C24H27FN4O/c25-21-9-1-2-10-22(21)27-24(30)13-12-19-7-5-15-28(17-19)18-20-8-6-16-29(20)23-11-3-4-14-26-23/h1-4,6,8-11,14,16,19H,5,7,12-13,15,17-18H2,(H,27,30). The van der Waals surface area contributed by atoms with Crippen molar-refractivity contribution in [2.45, 2.75) is 32.2 Å². The number of pyridine rings is 1. The Bertz CT molecular complexity index is 972. The molecular weight excluding hydrogens is 379 g/mol. The van der Waals surface area contributed by atoms with Gasteiger partial charge in [0, 0.05) is 37.6 Å². The number of likely N-dealkylation sites (tertiary alicyclic amines) is 1. The minimum Gasteiger partial charge on any atom is -0.324 e. The minimum atomic E-state index is -0.398. The van der Waals surface area contributed by atoms with Crippen LogP contribution in [0, 0.1) is 11.7 Å². The van der Waals surface area contributed by atoms with Crippen LogP contribution in [0.5, 0.6) is 0 Å². The van der Waals surface area contributed by atoms with Gasteiger partial charge in [-0.05, 0) is 68.1 Å². The number of nitrogens with zero attached hydrogens (tertiary/aromatic N) is 3. The Hall–Kier alpha value is -2.99. The summed E-state index contributed by atoms with van der Waals surface area (Å²) in [6.45, 7) is 2.90. The van der Waals surface area contributed by atoms with E-state index in [0.717, 1.165) is 44.7 Å². The molecule has 1 fully saturated rings. The largest absolute Gasteiger partial charge is 0.324 e. The summed E-state index contributed by atoms with van der Waals surface area (Å²) in [6.07, 6.45) is 7.35. The lowest BCUT2D eigenvalue weighted by atomic mass is 9.93. The fourth-order valence-electron chi connectivity index (χ4n) is 4.13. The number of anilines is 1. The van der Waals surface area contributed by atoms with Crippen LogP contribution in [0.4, 0.5) is 10.1 Å². The van der Waals surface area contributed by atoms with E-state index in [4.69, 9.17) is 0 Å². The molecule has 0 aliphatic carbocycles. The highest BCUT2D eigenvalue weighted by atomic mass is 19.1. The number of nitrogens with one attached hydrogen (secondary N) is 1. The smallest absolute Gasteiger partial charge is 0.224 e. The maximum Gasteiger partial charge on any atom is 0.224 e. The Balaban J connectivity index is 1.30. The van der Waals surface area contributed by atoms with Gasteiger partial charge in [-0.3, -0.25) is 9.69 Å². The Morgan fingerprint density at radius 3 is 2.83 bits per heavy atom. The third-order valence-electron chi connectivity index (χ3n) is 5.65. The lowest BCUT2D eigenvalue weighted by Crippen LogP contribution is -2.35. The lowest BCUT2D eigenvalue weighted by Gasteiger charge is -2.32. The molecule has 1 atom stereocenters. The molecule has 1 aromatic carbocycles. The van der Waals surface area contributed by atoms with Crippen molar-refractivity contribution in [3.63, 3.8) is 0 Å². The third-order valence-corrected chi connectivity index (χ3v) is 5.65. The number of hydrogen-bond acceptors (Lipinski definition) is 3. The molecule has 0 radical (unpaired) electrons. The zero-order valence-electron chi connectivity index (χ0n) is 17.0. The molecule has 1 amide bonds. The Kier molecular flexibility index (Phi) is 6.54. The number of piperidine rings is 1. The molecule has 0 saturated carbocycles. The number of aromatic nitrogens is 2. The summed E-state index contributed by atoms with van der Waals surface area (Å²) in [5.41, 5.74) is 1.47. The summed E-state index contributed by atoms with van der Waals surface area (Å²) >= 11 is 0. The average Bonchev–Trinajstić information content (AvgIpc) is 3.23. The molecule has 1 unspecified atom stereocenters. The summed E-state index contributed by atoms with van der Waals surface area (Å²) in [7, 11) is 0. The van der Waals surface area contributed by atoms with Gasteiger partial charge in [0.05, 0.1) is 5.69 Å². The van der Waals surface area contributed by atoms with E-state index in [1.54, 1.807) is 18.2 Å². The zero-order valence-corrected chi connectivity index (χ0v) is 17.0. The molecule has 0 spiro atoms. The van der Waals surface area contributed by atoms with Crippen molar-refractivity contribution >= 4 is 11.6 Å². The summed E-state index contributed by atoms with van der Waals surface area (Å²) < 4.78 is 15.8. The number of hydrogen-bond donors (Lipinski definition) is 1. The number of rotatable bonds is 7. The number of carbonyl (C=O) groups excluding carboxylic acids is 1. The molecule has 2 aromatic heterocycles. The van der Waals surface area contributed by atoms with Gasteiger partial charge < -0.3 is 9.88 Å². The highest BCUT2D eigenvalue weighted by Crippen LogP contribution is 2.24. The average molecular weight is 407 g/mol. The van der Waals surface area contributed by atoms with Gasteiger partial charge in [-0.25, -0.2) is 9.37 Å². The number of benzene rings is 1. The Labute approximate surface area is 176 Å². The minimum absolute atomic E-state index is 0.124. The molecule has 5 nitrogen and oxygen atoms in total. The van der Waals surface area contributed by atoms with Crippen LogP contribution in [0.15, 0.2) is 67.0 Å². The molecule has 1 aliphatic heterocycles. The third kappa shape index (κ3) is 5.13.